The van der Waals surface area contributed by atoms with E-state index < -0.39 is 10.0 Å². The van der Waals surface area contributed by atoms with E-state index in [4.69, 9.17) is 0 Å². The van der Waals surface area contributed by atoms with Crippen LogP contribution in [-0.2, 0) is 16.4 Å². The van der Waals surface area contributed by atoms with Crippen molar-refractivity contribution >= 4 is 26.5 Å². The fraction of sp³-hybridized carbons (Fsp3) is 0.619. The van der Waals surface area contributed by atoms with Gasteiger partial charge in [0.05, 0.1) is 4.90 Å². The average Bonchev–Trinajstić information content (AvgIpc) is 3.21. The first-order chi connectivity index (χ1) is 14.1. The number of hydrogen-bond acceptors (Lipinski definition) is 6. The van der Waals surface area contributed by atoms with Crippen LogP contribution in [-0.4, -0.2) is 32.2 Å². The van der Waals surface area contributed by atoms with Gasteiger partial charge in [-0.25, -0.2) is 8.42 Å². The Morgan fingerprint density at radius 2 is 1.45 bits per heavy atom. The van der Waals surface area contributed by atoms with Crippen molar-refractivity contribution in [3.63, 3.8) is 0 Å². The maximum Gasteiger partial charge on any atom is 0.263 e. The first-order valence-electron chi connectivity index (χ1n) is 10.6. The van der Waals surface area contributed by atoms with Gasteiger partial charge in [0.1, 0.15) is 5.51 Å². The lowest BCUT2D eigenvalue weighted by Crippen LogP contribution is -2.12. The quantitative estimate of drug-likeness (QED) is 0.360. The molecular weight excluding hydrogens is 404 g/mol. The van der Waals surface area contributed by atoms with Crippen molar-refractivity contribution in [3.05, 3.63) is 35.3 Å². The maximum absolute atomic E-state index is 12.3. The predicted octanol–water partition coefficient (Wildman–Crippen LogP) is 5.00. The van der Waals surface area contributed by atoms with Crippen LogP contribution >= 0.6 is 11.3 Å². The number of benzene rings is 1. The topological polar surface area (TPSA) is 84.0 Å². The van der Waals surface area contributed by atoms with Gasteiger partial charge in [-0.05, 0) is 50.6 Å². The van der Waals surface area contributed by atoms with Crippen molar-refractivity contribution in [3.8, 4) is 0 Å². The fourth-order valence-electron chi connectivity index (χ4n) is 3.27. The molecule has 0 atom stereocenters. The van der Waals surface area contributed by atoms with Crippen molar-refractivity contribution in [1.29, 1.82) is 0 Å². The number of unbranched alkanes of at least 4 members (excludes halogenated alkanes) is 9. The van der Waals surface area contributed by atoms with E-state index in [1.165, 1.54) is 68.9 Å². The zero-order chi connectivity index (χ0) is 20.8. The summed E-state index contributed by atoms with van der Waals surface area (Å²) >= 11 is 1.16. The minimum absolute atomic E-state index is 0.252. The lowest BCUT2D eigenvalue weighted by atomic mass is 10.0. The zero-order valence-corrected chi connectivity index (χ0v) is 19.0. The standard InChI is InChI=1S/C21H34N4O2S2/c1-22-17-11-9-7-5-3-2-4-6-8-10-12-19-13-15-20(16-14-19)29(26,27)25-21-24-23-18-28-21/h13-16,18,22H,2-12,17H2,1H3,(H,24,25). The van der Waals surface area contributed by atoms with Crippen LogP contribution in [0, 0.1) is 0 Å². The summed E-state index contributed by atoms with van der Waals surface area (Å²) in [6.45, 7) is 1.14. The molecule has 29 heavy (non-hydrogen) atoms. The van der Waals surface area contributed by atoms with Gasteiger partial charge in [-0.2, -0.15) is 0 Å². The highest BCUT2D eigenvalue weighted by atomic mass is 32.2. The molecule has 0 aliphatic carbocycles. The number of hydrogen-bond donors (Lipinski definition) is 2. The first-order valence-corrected chi connectivity index (χ1v) is 13.0. The Morgan fingerprint density at radius 1 is 0.862 bits per heavy atom. The highest BCUT2D eigenvalue weighted by Crippen LogP contribution is 2.18. The third-order valence-corrected chi connectivity index (χ3v) is 7.05. The zero-order valence-electron chi connectivity index (χ0n) is 17.4. The smallest absolute Gasteiger partial charge is 0.263 e. The van der Waals surface area contributed by atoms with Crippen molar-refractivity contribution < 1.29 is 8.42 Å². The van der Waals surface area contributed by atoms with Gasteiger partial charge in [0, 0.05) is 0 Å². The number of aromatic nitrogens is 2. The van der Waals surface area contributed by atoms with E-state index in [2.05, 4.69) is 20.2 Å². The number of sulfonamides is 1. The Labute approximate surface area is 179 Å². The van der Waals surface area contributed by atoms with E-state index in [0.717, 1.165) is 30.7 Å². The number of anilines is 1. The maximum atomic E-state index is 12.3. The second-order valence-corrected chi connectivity index (χ2v) is 9.90. The second-order valence-electron chi connectivity index (χ2n) is 7.38. The van der Waals surface area contributed by atoms with Gasteiger partial charge in [0.15, 0.2) is 0 Å². The second kappa shape index (κ2) is 13.7. The predicted molar refractivity (Wildman–Crippen MR) is 121 cm³/mol. The molecule has 0 saturated heterocycles. The average molecular weight is 439 g/mol. The van der Waals surface area contributed by atoms with Gasteiger partial charge >= 0.3 is 0 Å². The largest absolute Gasteiger partial charge is 0.320 e. The molecule has 0 aliphatic rings. The fourth-order valence-corrected chi connectivity index (χ4v) is 4.96. The van der Waals surface area contributed by atoms with E-state index in [1.807, 2.05) is 19.2 Å². The molecule has 2 rings (SSSR count). The molecule has 1 aromatic carbocycles. The molecule has 0 radical (unpaired) electrons. The van der Waals surface area contributed by atoms with Crippen molar-refractivity contribution in [2.45, 2.75) is 75.5 Å². The van der Waals surface area contributed by atoms with Crippen LogP contribution in [0.4, 0.5) is 5.13 Å². The molecule has 6 nitrogen and oxygen atoms in total. The summed E-state index contributed by atoms with van der Waals surface area (Å²) in [7, 11) is -1.58. The molecule has 0 bridgehead atoms. The van der Waals surface area contributed by atoms with E-state index in [1.54, 1.807) is 12.1 Å². The lowest BCUT2D eigenvalue weighted by molar-refractivity contribution is 0.547. The number of rotatable bonds is 16. The lowest BCUT2D eigenvalue weighted by Gasteiger charge is -2.06. The summed E-state index contributed by atoms with van der Waals surface area (Å²) in [5.41, 5.74) is 2.68. The van der Waals surface area contributed by atoms with Crippen molar-refractivity contribution in [2.24, 2.45) is 0 Å². The Balaban J connectivity index is 1.55. The van der Waals surface area contributed by atoms with Crippen LogP contribution in [0.5, 0.6) is 0 Å². The van der Waals surface area contributed by atoms with Gasteiger partial charge in [0.2, 0.25) is 5.13 Å². The van der Waals surface area contributed by atoms with E-state index in [-0.39, 0.29) is 10.0 Å². The Hall–Kier alpha value is -1.51. The monoisotopic (exact) mass is 438 g/mol. The van der Waals surface area contributed by atoms with E-state index in [0.29, 0.717) is 0 Å². The molecule has 2 aromatic rings. The Kier molecular flexibility index (Phi) is 11.2. The minimum Gasteiger partial charge on any atom is -0.320 e. The summed E-state index contributed by atoms with van der Waals surface area (Å²) in [5.74, 6) is 0. The van der Waals surface area contributed by atoms with Crippen LogP contribution in [0.1, 0.15) is 69.8 Å². The molecular formula is C21H34N4O2S2. The number of nitrogens with one attached hydrogen (secondary N) is 2. The summed E-state index contributed by atoms with van der Waals surface area (Å²) < 4.78 is 27.1. The number of aryl methyl sites for hydroxylation is 1. The van der Waals surface area contributed by atoms with Crippen LogP contribution < -0.4 is 10.0 Å². The van der Waals surface area contributed by atoms with Gasteiger partial charge in [-0.1, -0.05) is 74.8 Å². The SMILES string of the molecule is CNCCCCCCCCCCCCc1ccc(S(=O)(=O)Nc2nncs2)cc1. The summed E-state index contributed by atoms with van der Waals surface area (Å²) in [6, 6.07) is 7.13. The summed E-state index contributed by atoms with van der Waals surface area (Å²) in [4.78, 5) is 0.252. The van der Waals surface area contributed by atoms with Crippen molar-refractivity contribution in [1.82, 2.24) is 15.5 Å². The summed E-state index contributed by atoms with van der Waals surface area (Å²) in [5, 5.41) is 10.8. The van der Waals surface area contributed by atoms with Gasteiger partial charge in [0.25, 0.3) is 10.0 Å². The molecule has 8 heteroatoms. The van der Waals surface area contributed by atoms with Gasteiger partial charge < -0.3 is 5.32 Å². The molecule has 0 spiro atoms. The molecule has 1 aromatic heterocycles. The van der Waals surface area contributed by atoms with Crippen LogP contribution in [0.15, 0.2) is 34.7 Å². The minimum atomic E-state index is -3.59. The molecule has 0 aliphatic heterocycles. The molecule has 0 amide bonds. The third kappa shape index (κ3) is 9.69. The van der Waals surface area contributed by atoms with Gasteiger partial charge in [-0.15, -0.1) is 10.2 Å². The molecule has 0 fully saturated rings. The normalized spacial score (nSPS) is 11.6. The summed E-state index contributed by atoms with van der Waals surface area (Å²) in [6.07, 6.45) is 14.1. The highest BCUT2D eigenvalue weighted by Gasteiger charge is 2.15. The first kappa shape index (κ1) is 23.8. The van der Waals surface area contributed by atoms with Crippen LogP contribution in [0.2, 0.25) is 0 Å². The third-order valence-electron chi connectivity index (χ3n) is 4.96. The molecule has 1 heterocycles. The molecule has 0 saturated carbocycles. The van der Waals surface area contributed by atoms with E-state index in [9.17, 15) is 8.42 Å². The van der Waals surface area contributed by atoms with Crippen molar-refractivity contribution in [2.75, 3.05) is 18.3 Å². The number of nitrogens with zero attached hydrogens (tertiary/aromatic N) is 2. The highest BCUT2D eigenvalue weighted by molar-refractivity contribution is 7.93. The van der Waals surface area contributed by atoms with Crippen LogP contribution in [0.25, 0.3) is 0 Å². The molecule has 162 valence electrons. The van der Waals surface area contributed by atoms with Gasteiger partial charge in [-0.3, -0.25) is 4.72 Å². The Morgan fingerprint density at radius 3 is 2.00 bits per heavy atom. The Bertz CT molecular complexity index is 762. The van der Waals surface area contributed by atoms with Crippen LogP contribution in [0.3, 0.4) is 0 Å². The molecule has 2 N–H and O–H groups in total. The van der Waals surface area contributed by atoms with E-state index >= 15 is 0 Å². The molecule has 0 unspecified atom stereocenters.